The van der Waals surface area contributed by atoms with E-state index in [9.17, 15) is 9.59 Å². The molecule has 0 spiro atoms. The molecule has 3 rings (SSSR count). The number of aromatic nitrogens is 1. The summed E-state index contributed by atoms with van der Waals surface area (Å²) in [5.41, 5.74) is 6.99. The minimum Gasteiger partial charge on any atom is -0.333 e. The number of nitrogens with two attached hydrogens (primary N) is 1. The highest BCUT2D eigenvalue weighted by Crippen LogP contribution is 2.29. The van der Waals surface area contributed by atoms with Crippen molar-refractivity contribution in [3.8, 4) is 0 Å². The van der Waals surface area contributed by atoms with Gasteiger partial charge in [0, 0.05) is 23.9 Å². The van der Waals surface area contributed by atoms with Gasteiger partial charge in [-0.25, -0.2) is 4.98 Å². The highest BCUT2D eigenvalue weighted by molar-refractivity contribution is 7.15. The lowest BCUT2D eigenvalue weighted by Gasteiger charge is -2.15. The second kappa shape index (κ2) is 5.49. The zero-order chi connectivity index (χ0) is 14.1. The maximum Gasteiger partial charge on any atom is 0.245 e. The van der Waals surface area contributed by atoms with Crippen LogP contribution in [0.25, 0.3) is 0 Å². The molecule has 2 aliphatic rings. The van der Waals surface area contributed by atoms with Crippen LogP contribution in [0.1, 0.15) is 29.8 Å². The summed E-state index contributed by atoms with van der Waals surface area (Å²) in [5.74, 6) is -0.111. The average molecular weight is 294 g/mol. The number of hydrogen-bond acceptors (Lipinski definition) is 5. The molecule has 1 fully saturated rings. The third kappa shape index (κ3) is 2.83. The van der Waals surface area contributed by atoms with Crippen molar-refractivity contribution in [3.63, 3.8) is 0 Å². The first-order valence-electron chi connectivity index (χ1n) is 6.93. The minimum atomic E-state index is -0.171. The standard InChI is InChI=1S/C13H18N4O2S/c14-8-3-4-9-10(6-8)20-13(15-9)16-11(18)7-17-5-1-2-12(17)19/h8H,1-7,14H2,(H,15,16,18)/t8-/m0/s1. The summed E-state index contributed by atoms with van der Waals surface area (Å²) in [5, 5.41) is 3.42. The summed E-state index contributed by atoms with van der Waals surface area (Å²) >= 11 is 1.50. The lowest BCUT2D eigenvalue weighted by atomic mass is 9.99. The number of carbonyl (C=O) groups is 2. The maximum absolute atomic E-state index is 11.9. The van der Waals surface area contributed by atoms with Gasteiger partial charge < -0.3 is 16.0 Å². The van der Waals surface area contributed by atoms with Gasteiger partial charge in [0.2, 0.25) is 11.8 Å². The Morgan fingerprint density at radius 2 is 2.35 bits per heavy atom. The van der Waals surface area contributed by atoms with Crippen LogP contribution in [0.4, 0.5) is 5.13 Å². The molecule has 0 aromatic carbocycles. The van der Waals surface area contributed by atoms with E-state index in [0.717, 1.165) is 31.4 Å². The molecular formula is C13H18N4O2S. The van der Waals surface area contributed by atoms with Crippen LogP contribution in [0, 0.1) is 0 Å². The van der Waals surface area contributed by atoms with Gasteiger partial charge in [-0.3, -0.25) is 9.59 Å². The average Bonchev–Trinajstić information content (AvgIpc) is 2.95. The third-order valence-corrected chi connectivity index (χ3v) is 4.77. The van der Waals surface area contributed by atoms with Gasteiger partial charge in [0.25, 0.3) is 0 Å². The van der Waals surface area contributed by atoms with Crippen LogP contribution in [0.15, 0.2) is 0 Å². The number of thiazole rings is 1. The summed E-state index contributed by atoms with van der Waals surface area (Å²) in [6.07, 6.45) is 4.07. The van der Waals surface area contributed by atoms with E-state index in [1.54, 1.807) is 4.90 Å². The van der Waals surface area contributed by atoms with E-state index in [1.807, 2.05) is 0 Å². The Morgan fingerprint density at radius 3 is 3.10 bits per heavy atom. The van der Waals surface area contributed by atoms with E-state index in [-0.39, 0.29) is 24.4 Å². The second-order valence-corrected chi connectivity index (χ2v) is 6.44. The summed E-state index contributed by atoms with van der Waals surface area (Å²) in [6.45, 7) is 0.804. The number of nitrogens with zero attached hydrogens (tertiary/aromatic N) is 2. The molecular weight excluding hydrogens is 276 g/mol. The zero-order valence-electron chi connectivity index (χ0n) is 11.2. The normalized spacial score (nSPS) is 21.9. The monoisotopic (exact) mass is 294 g/mol. The second-order valence-electron chi connectivity index (χ2n) is 5.36. The molecule has 7 heteroatoms. The Kier molecular flexibility index (Phi) is 3.71. The van der Waals surface area contributed by atoms with Crippen LogP contribution in [0.5, 0.6) is 0 Å². The quantitative estimate of drug-likeness (QED) is 0.850. The number of fused-ring (bicyclic) bond motifs is 1. The molecule has 0 unspecified atom stereocenters. The molecule has 1 atom stereocenters. The van der Waals surface area contributed by atoms with Crippen molar-refractivity contribution in [3.05, 3.63) is 10.6 Å². The maximum atomic E-state index is 11.9. The van der Waals surface area contributed by atoms with Crippen LogP contribution in [-0.2, 0) is 22.4 Å². The number of rotatable bonds is 3. The first-order valence-corrected chi connectivity index (χ1v) is 7.75. The molecule has 0 bridgehead atoms. The van der Waals surface area contributed by atoms with Gasteiger partial charge in [0.05, 0.1) is 12.2 Å². The third-order valence-electron chi connectivity index (χ3n) is 3.73. The highest BCUT2D eigenvalue weighted by Gasteiger charge is 2.24. The highest BCUT2D eigenvalue weighted by atomic mass is 32.1. The van der Waals surface area contributed by atoms with E-state index in [1.165, 1.54) is 16.2 Å². The molecule has 1 aromatic rings. The fourth-order valence-corrected chi connectivity index (χ4v) is 3.77. The number of carbonyl (C=O) groups excluding carboxylic acids is 2. The Bertz CT molecular complexity index is 542. The number of likely N-dealkylation sites (tertiary alicyclic amines) is 1. The molecule has 3 N–H and O–H groups in total. The fourth-order valence-electron chi connectivity index (χ4n) is 2.66. The molecule has 1 aromatic heterocycles. The number of aryl methyl sites for hydroxylation is 1. The molecule has 1 saturated heterocycles. The largest absolute Gasteiger partial charge is 0.333 e. The van der Waals surface area contributed by atoms with Crippen molar-refractivity contribution in [2.45, 2.75) is 38.1 Å². The summed E-state index contributed by atoms with van der Waals surface area (Å²) < 4.78 is 0. The first-order chi connectivity index (χ1) is 9.61. The van der Waals surface area contributed by atoms with E-state index in [0.29, 0.717) is 18.1 Å². The van der Waals surface area contributed by atoms with Gasteiger partial charge in [-0.15, -0.1) is 11.3 Å². The van der Waals surface area contributed by atoms with Crippen LogP contribution >= 0.6 is 11.3 Å². The Labute approximate surface area is 121 Å². The lowest BCUT2D eigenvalue weighted by molar-refractivity contribution is -0.131. The van der Waals surface area contributed by atoms with Crippen molar-refractivity contribution in [2.75, 3.05) is 18.4 Å². The van der Waals surface area contributed by atoms with Gasteiger partial charge >= 0.3 is 0 Å². The van der Waals surface area contributed by atoms with Gasteiger partial charge in [-0.1, -0.05) is 0 Å². The van der Waals surface area contributed by atoms with E-state index < -0.39 is 0 Å². The fraction of sp³-hybridized carbons (Fsp3) is 0.615. The lowest BCUT2D eigenvalue weighted by Crippen LogP contribution is -2.33. The Morgan fingerprint density at radius 1 is 1.50 bits per heavy atom. The van der Waals surface area contributed by atoms with E-state index in [4.69, 9.17) is 5.73 Å². The predicted molar refractivity (Wildman–Crippen MR) is 76.6 cm³/mol. The van der Waals surface area contributed by atoms with E-state index in [2.05, 4.69) is 10.3 Å². The van der Waals surface area contributed by atoms with Crippen molar-refractivity contribution < 1.29 is 9.59 Å². The van der Waals surface area contributed by atoms with Crippen LogP contribution in [0.3, 0.4) is 0 Å². The zero-order valence-corrected chi connectivity index (χ0v) is 12.0. The van der Waals surface area contributed by atoms with Crippen LogP contribution in [-0.4, -0.2) is 40.8 Å². The number of hydrogen-bond donors (Lipinski definition) is 2. The Balaban J connectivity index is 1.60. The van der Waals surface area contributed by atoms with Crippen molar-refractivity contribution >= 4 is 28.3 Å². The molecule has 0 saturated carbocycles. The van der Waals surface area contributed by atoms with Gasteiger partial charge in [-0.2, -0.15) is 0 Å². The van der Waals surface area contributed by atoms with Gasteiger partial charge in [-0.05, 0) is 25.7 Å². The summed E-state index contributed by atoms with van der Waals surface area (Å²) in [7, 11) is 0. The number of amides is 2. The SMILES string of the molecule is N[C@H]1CCc2nc(NC(=O)CN3CCCC3=O)sc2C1. The molecule has 2 heterocycles. The summed E-state index contributed by atoms with van der Waals surface area (Å²) in [4.78, 5) is 30.6. The van der Waals surface area contributed by atoms with Crippen LogP contribution < -0.4 is 11.1 Å². The first kappa shape index (κ1) is 13.5. The number of anilines is 1. The molecule has 20 heavy (non-hydrogen) atoms. The smallest absolute Gasteiger partial charge is 0.245 e. The van der Waals surface area contributed by atoms with Crippen molar-refractivity contribution in [1.29, 1.82) is 0 Å². The van der Waals surface area contributed by atoms with Crippen molar-refractivity contribution in [2.24, 2.45) is 5.73 Å². The minimum absolute atomic E-state index is 0.0598. The molecule has 108 valence electrons. The molecule has 1 aliphatic heterocycles. The molecule has 0 radical (unpaired) electrons. The molecule has 6 nitrogen and oxygen atoms in total. The molecule has 2 amide bonds. The summed E-state index contributed by atoms with van der Waals surface area (Å²) in [6, 6.07) is 0.203. The van der Waals surface area contributed by atoms with Crippen molar-refractivity contribution in [1.82, 2.24) is 9.88 Å². The van der Waals surface area contributed by atoms with Gasteiger partial charge in [0.15, 0.2) is 5.13 Å². The van der Waals surface area contributed by atoms with Gasteiger partial charge in [0.1, 0.15) is 0 Å². The molecule has 1 aliphatic carbocycles. The topological polar surface area (TPSA) is 88.3 Å². The van der Waals surface area contributed by atoms with Crippen LogP contribution in [0.2, 0.25) is 0 Å². The predicted octanol–water partition coefficient (Wildman–Crippen LogP) is 0.520. The Hall–Kier alpha value is -1.47. The number of nitrogens with one attached hydrogen (secondary N) is 1. The van der Waals surface area contributed by atoms with E-state index >= 15 is 0 Å².